The van der Waals surface area contributed by atoms with Gasteiger partial charge in [-0.25, -0.2) is 4.39 Å². The molecular formula is C18H27FN2. The molecule has 1 aromatic rings. The van der Waals surface area contributed by atoms with Crippen LogP contribution in [0.2, 0.25) is 0 Å². The molecule has 3 unspecified atom stereocenters. The lowest BCUT2D eigenvalue weighted by Gasteiger charge is -2.40. The van der Waals surface area contributed by atoms with E-state index in [1.165, 1.54) is 51.5 Å². The summed E-state index contributed by atoms with van der Waals surface area (Å²) < 4.78 is 13.7. The van der Waals surface area contributed by atoms with Crippen LogP contribution in [0.15, 0.2) is 24.3 Å². The van der Waals surface area contributed by atoms with E-state index in [1.807, 2.05) is 12.1 Å². The zero-order chi connectivity index (χ0) is 14.5. The summed E-state index contributed by atoms with van der Waals surface area (Å²) in [6.45, 7) is 1.82. The third kappa shape index (κ3) is 3.83. The molecule has 3 atom stereocenters. The summed E-state index contributed by atoms with van der Waals surface area (Å²) >= 11 is 0. The number of nitrogens with one attached hydrogen (secondary N) is 2. The highest BCUT2D eigenvalue weighted by molar-refractivity contribution is 5.17. The summed E-state index contributed by atoms with van der Waals surface area (Å²) in [6.07, 6.45) is 9.18. The molecule has 1 saturated carbocycles. The second kappa shape index (κ2) is 7.37. The minimum Gasteiger partial charge on any atom is -0.314 e. The van der Waals surface area contributed by atoms with Crippen molar-refractivity contribution in [1.82, 2.24) is 10.6 Å². The summed E-state index contributed by atoms with van der Waals surface area (Å²) in [7, 11) is 0. The van der Waals surface area contributed by atoms with Gasteiger partial charge in [-0.15, -0.1) is 0 Å². The number of benzene rings is 1. The lowest BCUT2D eigenvalue weighted by Crippen LogP contribution is -2.50. The van der Waals surface area contributed by atoms with Gasteiger partial charge < -0.3 is 10.6 Å². The van der Waals surface area contributed by atoms with Crippen molar-refractivity contribution in [3.8, 4) is 0 Å². The largest absolute Gasteiger partial charge is 0.314 e. The van der Waals surface area contributed by atoms with Crippen LogP contribution in [0.1, 0.15) is 50.5 Å². The van der Waals surface area contributed by atoms with E-state index in [0.717, 1.165) is 5.56 Å². The molecule has 2 fully saturated rings. The molecule has 0 radical (unpaired) electrons. The normalized spacial score (nSPS) is 30.2. The minimum absolute atomic E-state index is 0.0897. The Labute approximate surface area is 127 Å². The van der Waals surface area contributed by atoms with Crippen LogP contribution in [0.3, 0.4) is 0 Å². The average molecular weight is 290 g/mol. The molecule has 1 aliphatic heterocycles. The first-order valence-electron chi connectivity index (χ1n) is 8.55. The third-order valence-corrected chi connectivity index (χ3v) is 5.20. The molecule has 2 aliphatic rings. The summed E-state index contributed by atoms with van der Waals surface area (Å²) in [5.74, 6) is 0.624. The Hall–Kier alpha value is -0.930. The lowest BCUT2D eigenvalue weighted by atomic mass is 9.77. The first-order chi connectivity index (χ1) is 10.3. The van der Waals surface area contributed by atoms with E-state index in [4.69, 9.17) is 0 Å². The zero-order valence-electron chi connectivity index (χ0n) is 12.8. The van der Waals surface area contributed by atoms with Crippen LogP contribution in [0, 0.1) is 11.7 Å². The Morgan fingerprint density at radius 1 is 1.05 bits per heavy atom. The van der Waals surface area contributed by atoms with Gasteiger partial charge in [0.05, 0.1) is 0 Å². The average Bonchev–Trinajstić information content (AvgIpc) is 2.55. The van der Waals surface area contributed by atoms with E-state index >= 15 is 0 Å². The van der Waals surface area contributed by atoms with Gasteiger partial charge >= 0.3 is 0 Å². The smallest absolute Gasteiger partial charge is 0.127 e. The molecule has 3 heteroatoms. The summed E-state index contributed by atoms with van der Waals surface area (Å²) in [6, 6.07) is 8.32. The van der Waals surface area contributed by atoms with Crippen molar-refractivity contribution >= 4 is 0 Å². The van der Waals surface area contributed by atoms with Crippen LogP contribution in [0.25, 0.3) is 0 Å². The predicted molar refractivity (Wildman–Crippen MR) is 84.6 cm³/mol. The second-order valence-electron chi connectivity index (χ2n) is 6.58. The highest BCUT2D eigenvalue weighted by Crippen LogP contribution is 2.30. The fraction of sp³-hybridized carbons (Fsp3) is 0.667. The Balaban J connectivity index is 1.60. The van der Waals surface area contributed by atoms with Gasteiger partial charge in [0.25, 0.3) is 0 Å². The number of hydrogen-bond acceptors (Lipinski definition) is 2. The Morgan fingerprint density at radius 3 is 2.67 bits per heavy atom. The Bertz CT molecular complexity index is 443. The molecule has 0 spiro atoms. The van der Waals surface area contributed by atoms with Crippen molar-refractivity contribution in [2.75, 3.05) is 6.54 Å². The molecule has 1 aliphatic carbocycles. The highest BCUT2D eigenvalue weighted by atomic mass is 19.1. The van der Waals surface area contributed by atoms with Gasteiger partial charge in [0, 0.05) is 24.2 Å². The lowest BCUT2D eigenvalue weighted by molar-refractivity contribution is 0.181. The van der Waals surface area contributed by atoms with Gasteiger partial charge in [-0.1, -0.05) is 37.5 Å². The van der Waals surface area contributed by atoms with Gasteiger partial charge in [0.1, 0.15) is 5.82 Å². The van der Waals surface area contributed by atoms with Gasteiger partial charge in [-0.2, -0.15) is 0 Å². The first kappa shape index (κ1) is 15.0. The maximum atomic E-state index is 13.7. The van der Waals surface area contributed by atoms with E-state index < -0.39 is 0 Å². The molecule has 2 N–H and O–H groups in total. The predicted octanol–water partition coefficient (Wildman–Crippen LogP) is 3.62. The maximum Gasteiger partial charge on any atom is 0.127 e. The van der Waals surface area contributed by atoms with Crippen molar-refractivity contribution in [3.63, 3.8) is 0 Å². The summed E-state index contributed by atoms with van der Waals surface area (Å²) in [4.78, 5) is 0. The van der Waals surface area contributed by atoms with Crippen LogP contribution in [-0.4, -0.2) is 18.6 Å². The monoisotopic (exact) mass is 290 g/mol. The van der Waals surface area contributed by atoms with Crippen LogP contribution in [-0.2, 0) is 6.54 Å². The van der Waals surface area contributed by atoms with Crippen molar-refractivity contribution < 1.29 is 4.39 Å². The number of hydrogen-bond donors (Lipinski definition) is 2. The zero-order valence-corrected chi connectivity index (χ0v) is 12.8. The molecular weight excluding hydrogens is 263 g/mol. The van der Waals surface area contributed by atoms with E-state index in [1.54, 1.807) is 12.1 Å². The maximum absolute atomic E-state index is 13.7. The van der Waals surface area contributed by atoms with E-state index in [-0.39, 0.29) is 5.82 Å². The van der Waals surface area contributed by atoms with Crippen LogP contribution >= 0.6 is 0 Å². The molecule has 1 saturated heterocycles. The Kier molecular flexibility index (Phi) is 5.26. The van der Waals surface area contributed by atoms with Gasteiger partial charge in [-0.3, -0.25) is 0 Å². The van der Waals surface area contributed by atoms with Gasteiger partial charge in [0.15, 0.2) is 0 Å². The summed E-state index contributed by atoms with van der Waals surface area (Å²) in [5.41, 5.74) is 0.790. The number of piperidine rings is 1. The van der Waals surface area contributed by atoms with Crippen LogP contribution in [0.5, 0.6) is 0 Å². The van der Waals surface area contributed by atoms with Crippen LogP contribution in [0.4, 0.5) is 4.39 Å². The van der Waals surface area contributed by atoms with Crippen molar-refractivity contribution in [3.05, 3.63) is 35.6 Å². The van der Waals surface area contributed by atoms with E-state index in [0.29, 0.717) is 24.5 Å². The minimum atomic E-state index is -0.0897. The van der Waals surface area contributed by atoms with Crippen molar-refractivity contribution in [1.29, 1.82) is 0 Å². The van der Waals surface area contributed by atoms with Crippen molar-refractivity contribution in [2.24, 2.45) is 5.92 Å². The fourth-order valence-electron chi connectivity index (χ4n) is 4.02. The van der Waals surface area contributed by atoms with Gasteiger partial charge in [0.2, 0.25) is 0 Å². The quantitative estimate of drug-likeness (QED) is 0.885. The van der Waals surface area contributed by atoms with Crippen molar-refractivity contribution in [2.45, 2.75) is 63.6 Å². The molecule has 21 heavy (non-hydrogen) atoms. The van der Waals surface area contributed by atoms with Crippen LogP contribution < -0.4 is 10.6 Å². The standard InChI is InChI=1S/C18H27FN2/c19-16-9-3-1-7-14(16)13-21-18-10-4-2-8-15(18)17-11-5-6-12-20-17/h1,3,7,9,15,17-18,20-21H,2,4-6,8,10-13H2. The first-order valence-corrected chi connectivity index (χ1v) is 8.55. The molecule has 0 amide bonds. The topological polar surface area (TPSA) is 24.1 Å². The molecule has 1 heterocycles. The molecule has 116 valence electrons. The molecule has 0 bridgehead atoms. The molecule has 2 nitrogen and oxygen atoms in total. The van der Waals surface area contributed by atoms with E-state index in [9.17, 15) is 4.39 Å². The highest BCUT2D eigenvalue weighted by Gasteiger charge is 2.32. The Morgan fingerprint density at radius 2 is 1.86 bits per heavy atom. The molecule has 0 aromatic heterocycles. The second-order valence-corrected chi connectivity index (χ2v) is 6.58. The summed E-state index contributed by atoms with van der Waals surface area (Å²) in [5, 5.41) is 7.36. The molecule has 1 aromatic carbocycles. The third-order valence-electron chi connectivity index (χ3n) is 5.20. The number of halogens is 1. The fourth-order valence-corrected chi connectivity index (χ4v) is 4.02. The van der Waals surface area contributed by atoms with Gasteiger partial charge in [-0.05, 0) is 44.2 Å². The SMILES string of the molecule is Fc1ccccc1CNC1CCCCC1C1CCCCN1. The molecule has 3 rings (SSSR count). The van der Waals surface area contributed by atoms with E-state index in [2.05, 4.69) is 10.6 Å². The number of rotatable bonds is 4.